The number of hydrogen-bond donors (Lipinski definition) is 2. The highest BCUT2D eigenvalue weighted by molar-refractivity contribution is 7.89. The molecule has 1 aromatic carbocycles. The SMILES string of the molecule is Cc1cc(Nc2ncc3ccc(S(=O)(=O)N[C@H]4CCOC4)cn23)ccc1F. The highest BCUT2D eigenvalue weighted by Crippen LogP contribution is 2.22. The van der Waals surface area contributed by atoms with Crippen LogP contribution in [0.25, 0.3) is 5.52 Å². The summed E-state index contributed by atoms with van der Waals surface area (Å²) >= 11 is 0. The standard InChI is InChI=1S/C18H19FN4O3S/c1-12-8-13(2-5-17(12)19)21-18-20-9-15-3-4-16(10-23(15)18)27(24,25)22-14-6-7-26-11-14/h2-5,8-10,14,22H,6-7,11H2,1H3,(H,20,21)/t14-/m0/s1. The van der Waals surface area contributed by atoms with E-state index < -0.39 is 10.0 Å². The maximum atomic E-state index is 13.5. The molecule has 0 saturated carbocycles. The van der Waals surface area contributed by atoms with Crippen molar-refractivity contribution in [1.29, 1.82) is 0 Å². The molecule has 1 aliphatic rings. The molecule has 1 saturated heterocycles. The Bertz CT molecular complexity index is 1090. The fourth-order valence-corrected chi connectivity index (χ4v) is 4.24. The van der Waals surface area contributed by atoms with Gasteiger partial charge < -0.3 is 10.1 Å². The fraction of sp³-hybridized carbons (Fsp3) is 0.278. The van der Waals surface area contributed by atoms with Crippen molar-refractivity contribution in [2.45, 2.75) is 24.3 Å². The van der Waals surface area contributed by atoms with E-state index in [0.717, 1.165) is 5.52 Å². The minimum Gasteiger partial charge on any atom is -0.380 e. The second kappa shape index (κ2) is 6.91. The van der Waals surface area contributed by atoms with E-state index in [2.05, 4.69) is 15.0 Å². The normalized spacial score (nSPS) is 17.5. The Kier molecular flexibility index (Phi) is 4.58. The molecule has 1 aliphatic heterocycles. The van der Waals surface area contributed by atoms with Crippen LogP contribution in [0.3, 0.4) is 0 Å². The molecule has 0 unspecified atom stereocenters. The Hall–Kier alpha value is -2.49. The Labute approximate surface area is 156 Å². The zero-order valence-corrected chi connectivity index (χ0v) is 15.5. The van der Waals surface area contributed by atoms with Crippen molar-refractivity contribution in [2.24, 2.45) is 0 Å². The zero-order chi connectivity index (χ0) is 19.0. The van der Waals surface area contributed by atoms with Crippen molar-refractivity contribution in [3.05, 3.63) is 54.1 Å². The molecule has 2 aromatic heterocycles. The number of aryl methyl sites for hydroxylation is 1. The number of anilines is 2. The van der Waals surface area contributed by atoms with Gasteiger partial charge in [0.1, 0.15) is 5.82 Å². The fourth-order valence-electron chi connectivity index (χ4n) is 2.99. The molecule has 3 aromatic rings. The molecule has 4 rings (SSSR count). The van der Waals surface area contributed by atoms with Gasteiger partial charge in [-0.15, -0.1) is 0 Å². The first-order valence-electron chi connectivity index (χ1n) is 8.53. The Morgan fingerprint density at radius 2 is 2.15 bits per heavy atom. The molecule has 7 nitrogen and oxygen atoms in total. The summed E-state index contributed by atoms with van der Waals surface area (Å²) in [6.45, 7) is 2.61. The van der Waals surface area contributed by atoms with Crippen molar-refractivity contribution in [3.63, 3.8) is 0 Å². The summed E-state index contributed by atoms with van der Waals surface area (Å²) in [4.78, 5) is 4.43. The molecule has 27 heavy (non-hydrogen) atoms. The van der Waals surface area contributed by atoms with E-state index in [0.29, 0.717) is 36.8 Å². The lowest BCUT2D eigenvalue weighted by Crippen LogP contribution is -2.35. The van der Waals surface area contributed by atoms with Gasteiger partial charge in [0.25, 0.3) is 0 Å². The van der Waals surface area contributed by atoms with Crippen LogP contribution in [0.15, 0.2) is 47.6 Å². The summed E-state index contributed by atoms with van der Waals surface area (Å²) in [6.07, 6.45) is 3.80. The van der Waals surface area contributed by atoms with Crippen molar-refractivity contribution in [3.8, 4) is 0 Å². The van der Waals surface area contributed by atoms with E-state index in [1.165, 1.54) is 12.3 Å². The summed E-state index contributed by atoms with van der Waals surface area (Å²) in [5, 5.41) is 3.10. The summed E-state index contributed by atoms with van der Waals surface area (Å²) < 4.78 is 48.3. The maximum absolute atomic E-state index is 13.5. The summed E-state index contributed by atoms with van der Waals surface area (Å²) in [5.74, 6) is 0.154. The lowest BCUT2D eigenvalue weighted by molar-refractivity contribution is 0.192. The average molecular weight is 390 g/mol. The van der Waals surface area contributed by atoms with E-state index >= 15 is 0 Å². The van der Waals surface area contributed by atoms with Crippen LogP contribution in [0, 0.1) is 12.7 Å². The Balaban J connectivity index is 1.65. The van der Waals surface area contributed by atoms with Gasteiger partial charge in [0, 0.05) is 24.5 Å². The first-order valence-corrected chi connectivity index (χ1v) is 10.0. The van der Waals surface area contributed by atoms with Crippen LogP contribution < -0.4 is 10.0 Å². The number of hydrogen-bond acceptors (Lipinski definition) is 5. The number of nitrogens with zero attached hydrogens (tertiary/aromatic N) is 2. The first kappa shape index (κ1) is 17.9. The molecule has 9 heteroatoms. The highest BCUT2D eigenvalue weighted by atomic mass is 32.2. The summed E-state index contributed by atoms with van der Waals surface area (Å²) in [7, 11) is -3.67. The molecule has 2 N–H and O–H groups in total. The molecular weight excluding hydrogens is 371 g/mol. The number of imidazole rings is 1. The predicted octanol–water partition coefficient (Wildman–Crippen LogP) is 2.59. The first-order chi connectivity index (χ1) is 12.9. The average Bonchev–Trinajstić information content (AvgIpc) is 3.27. The van der Waals surface area contributed by atoms with E-state index in [1.807, 2.05) is 0 Å². The third-order valence-electron chi connectivity index (χ3n) is 4.48. The quantitative estimate of drug-likeness (QED) is 0.700. The van der Waals surface area contributed by atoms with Crippen LogP contribution in [-0.4, -0.2) is 37.1 Å². The topological polar surface area (TPSA) is 84.7 Å². The number of pyridine rings is 1. The minimum atomic E-state index is -3.67. The number of rotatable bonds is 5. The van der Waals surface area contributed by atoms with Gasteiger partial charge in [-0.2, -0.15) is 0 Å². The van der Waals surface area contributed by atoms with E-state index in [4.69, 9.17) is 4.74 Å². The number of sulfonamides is 1. The second-order valence-corrected chi connectivity index (χ2v) is 8.23. The van der Waals surface area contributed by atoms with Crippen LogP contribution in [0.2, 0.25) is 0 Å². The van der Waals surface area contributed by atoms with Crippen LogP contribution in [0.1, 0.15) is 12.0 Å². The molecule has 0 aliphatic carbocycles. The van der Waals surface area contributed by atoms with Gasteiger partial charge in [0.2, 0.25) is 16.0 Å². The molecule has 142 valence electrons. The van der Waals surface area contributed by atoms with E-state index in [1.54, 1.807) is 41.8 Å². The Morgan fingerprint density at radius 1 is 1.30 bits per heavy atom. The molecule has 1 fully saturated rings. The van der Waals surface area contributed by atoms with Crippen LogP contribution in [0.5, 0.6) is 0 Å². The van der Waals surface area contributed by atoms with Crippen molar-refractivity contribution >= 4 is 27.2 Å². The van der Waals surface area contributed by atoms with Crippen molar-refractivity contribution < 1.29 is 17.5 Å². The molecule has 0 radical (unpaired) electrons. The number of ether oxygens (including phenoxy) is 1. The summed E-state index contributed by atoms with van der Waals surface area (Å²) in [6, 6.07) is 7.66. The molecule has 0 bridgehead atoms. The van der Waals surface area contributed by atoms with Gasteiger partial charge in [0.15, 0.2) is 0 Å². The molecule has 0 amide bonds. The second-order valence-electron chi connectivity index (χ2n) is 6.51. The predicted molar refractivity (Wildman–Crippen MR) is 99.2 cm³/mol. The number of halogens is 1. The number of nitrogens with one attached hydrogen (secondary N) is 2. The van der Waals surface area contributed by atoms with Crippen LogP contribution in [0.4, 0.5) is 16.0 Å². The van der Waals surface area contributed by atoms with Gasteiger partial charge >= 0.3 is 0 Å². The third kappa shape index (κ3) is 3.66. The third-order valence-corrected chi connectivity index (χ3v) is 5.98. The number of aromatic nitrogens is 2. The number of benzene rings is 1. The van der Waals surface area contributed by atoms with Crippen LogP contribution >= 0.6 is 0 Å². The summed E-state index contributed by atoms with van der Waals surface area (Å²) in [5.41, 5.74) is 1.91. The zero-order valence-electron chi connectivity index (χ0n) is 14.6. The lowest BCUT2D eigenvalue weighted by Gasteiger charge is -2.12. The van der Waals surface area contributed by atoms with Gasteiger partial charge in [-0.25, -0.2) is 22.5 Å². The van der Waals surface area contributed by atoms with Crippen molar-refractivity contribution in [1.82, 2.24) is 14.1 Å². The van der Waals surface area contributed by atoms with E-state index in [-0.39, 0.29) is 16.8 Å². The highest BCUT2D eigenvalue weighted by Gasteiger charge is 2.24. The van der Waals surface area contributed by atoms with Crippen molar-refractivity contribution in [2.75, 3.05) is 18.5 Å². The van der Waals surface area contributed by atoms with Gasteiger partial charge in [-0.3, -0.25) is 4.40 Å². The minimum absolute atomic E-state index is 0.137. The molecule has 0 spiro atoms. The monoisotopic (exact) mass is 390 g/mol. The van der Waals surface area contributed by atoms with Gasteiger partial charge in [-0.1, -0.05) is 0 Å². The Morgan fingerprint density at radius 3 is 2.89 bits per heavy atom. The van der Waals surface area contributed by atoms with E-state index in [9.17, 15) is 12.8 Å². The maximum Gasteiger partial charge on any atom is 0.242 e. The molecule has 3 heterocycles. The molecular formula is C18H19FN4O3S. The number of fused-ring (bicyclic) bond motifs is 1. The van der Waals surface area contributed by atoms with Gasteiger partial charge in [-0.05, 0) is 49.2 Å². The molecule has 1 atom stereocenters. The van der Waals surface area contributed by atoms with Gasteiger partial charge in [0.05, 0.1) is 23.2 Å². The lowest BCUT2D eigenvalue weighted by atomic mass is 10.2. The largest absolute Gasteiger partial charge is 0.380 e. The smallest absolute Gasteiger partial charge is 0.242 e. The van der Waals surface area contributed by atoms with Crippen LogP contribution in [-0.2, 0) is 14.8 Å².